The van der Waals surface area contributed by atoms with Gasteiger partial charge in [-0.2, -0.15) is 0 Å². The molecule has 0 radical (unpaired) electrons. The van der Waals surface area contributed by atoms with Gasteiger partial charge in [0.2, 0.25) is 0 Å². The SMILES string of the molecule is CC(C)OC(=O)CNC(CC(=O)O)C(=O)OC(C)C. The summed E-state index contributed by atoms with van der Waals surface area (Å²) in [4.78, 5) is 33.6. The second-order valence-electron chi connectivity index (χ2n) is 4.56. The highest BCUT2D eigenvalue weighted by Crippen LogP contribution is 2.00. The zero-order valence-corrected chi connectivity index (χ0v) is 11.6. The molecule has 7 nitrogen and oxygen atoms in total. The highest BCUT2D eigenvalue weighted by atomic mass is 16.5. The van der Waals surface area contributed by atoms with Crippen LogP contribution >= 0.6 is 0 Å². The molecule has 0 aliphatic rings. The van der Waals surface area contributed by atoms with E-state index in [-0.39, 0.29) is 18.8 Å². The molecule has 1 unspecified atom stereocenters. The monoisotopic (exact) mass is 275 g/mol. The molecule has 1 atom stereocenters. The predicted octanol–water partition coefficient (Wildman–Crippen LogP) is 0.323. The summed E-state index contributed by atoms with van der Waals surface area (Å²) in [6.45, 7) is 6.45. The van der Waals surface area contributed by atoms with Crippen molar-refractivity contribution in [3.8, 4) is 0 Å². The van der Waals surface area contributed by atoms with Crippen molar-refractivity contribution in [2.75, 3.05) is 6.54 Å². The number of carboxylic acids is 1. The van der Waals surface area contributed by atoms with Gasteiger partial charge in [0.05, 0.1) is 25.2 Å². The maximum atomic E-state index is 11.6. The van der Waals surface area contributed by atoms with Crippen LogP contribution in [0.1, 0.15) is 34.1 Å². The maximum absolute atomic E-state index is 11.6. The van der Waals surface area contributed by atoms with Crippen LogP contribution in [0.3, 0.4) is 0 Å². The van der Waals surface area contributed by atoms with Crippen molar-refractivity contribution in [2.45, 2.75) is 52.4 Å². The second-order valence-corrected chi connectivity index (χ2v) is 4.56. The number of carbonyl (C=O) groups is 3. The fraction of sp³-hybridized carbons (Fsp3) is 0.750. The van der Waals surface area contributed by atoms with Gasteiger partial charge in [-0.25, -0.2) is 0 Å². The first-order chi connectivity index (χ1) is 8.72. The Morgan fingerprint density at radius 2 is 1.58 bits per heavy atom. The molecule has 0 aliphatic heterocycles. The Balaban J connectivity index is 4.39. The van der Waals surface area contributed by atoms with E-state index in [0.29, 0.717) is 0 Å². The lowest BCUT2D eigenvalue weighted by atomic mass is 10.2. The number of ether oxygens (including phenoxy) is 2. The Morgan fingerprint density at radius 3 is 2.00 bits per heavy atom. The van der Waals surface area contributed by atoms with Gasteiger partial charge in [0.15, 0.2) is 0 Å². The van der Waals surface area contributed by atoms with Crippen molar-refractivity contribution in [1.29, 1.82) is 0 Å². The zero-order chi connectivity index (χ0) is 15.0. The molecule has 110 valence electrons. The number of hydrogen-bond donors (Lipinski definition) is 2. The van der Waals surface area contributed by atoms with E-state index in [0.717, 1.165) is 0 Å². The van der Waals surface area contributed by atoms with E-state index in [1.807, 2.05) is 0 Å². The van der Waals surface area contributed by atoms with E-state index in [1.165, 1.54) is 0 Å². The van der Waals surface area contributed by atoms with Crippen molar-refractivity contribution in [2.24, 2.45) is 0 Å². The molecule has 0 spiro atoms. The average Bonchev–Trinajstić information content (AvgIpc) is 2.21. The van der Waals surface area contributed by atoms with Gasteiger partial charge in [0.25, 0.3) is 0 Å². The van der Waals surface area contributed by atoms with Crippen molar-refractivity contribution >= 4 is 17.9 Å². The topological polar surface area (TPSA) is 102 Å². The van der Waals surface area contributed by atoms with Crippen molar-refractivity contribution in [1.82, 2.24) is 5.32 Å². The van der Waals surface area contributed by atoms with E-state index < -0.39 is 30.4 Å². The number of carboxylic acid groups (broad SMARTS) is 1. The number of nitrogens with one attached hydrogen (secondary N) is 1. The smallest absolute Gasteiger partial charge is 0.324 e. The maximum Gasteiger partial charge on any atom is 0.324 e. The molecule has 0 aromatic rings. The van der Waals surface area contributed by atoms with Crippen LogP contribution in [-0.4, -0.2) is 47.8 Å². The van der Waals surface area contributed by atoms with E-state index in [2.05, 4.69) is 5.32 Å². The summed E-state index contributed by atoms with van der Waals surface area (Å²) >= 11 is 0. The first-order valence-corrected chi connectivity index (χ1v) is 6.07. The van der Waals surface area contributed by atoms with Gasteiger partial charge in [0, 0.05) is 0 Å². The molecule has 0 aliphatic carbocycles. The third-order valence-electron chi connectivity index (χ3n) is 1.88. The number of hydrogen-bond acceptors (Lipinski definition) is 6. The molecule has 19 heavy (non-hydrogen) atoms. The summed E-state index contributed by atoms with van der Waals surface area (Å²) in [5, 5.41) is 11.2. The molecule has 0 fully saturated rings. The van der Waals surface area contributed by atoms with Crippen LogP contribution in [0.25, 0.3) is 0 Å². The summed E-state index contributed by atoms with van der Waals surface area (Å²) in [7, 11) is 0. The molecule has 2 N–H and O–H groups in total. The Kier molecular flexibility index (Phi) is 7.74. The molecular weight excluding hydrogens is 254 g/mol. The zero-order valence-electron chi connectivity index (χ0n) is 11.6. The van der Waals surface area contributed by atoms with Gasteiger partial charge in [-0.15, -0.1) is 0 Å². The molecule has 0 aromatic carbocycles. The normalized spacial score (nSPS) is 12.3. The molecule has 0 amide bonds. The lowest BCUT2D eigenvalue weighted by molar-refractivity contribution is -0.154. The number of aliphatic carboxylic acids is 1. The van der Waals surface area contributed by atoms with E-state index in [1.54, 1.807) is 27.7 Å². The van der Waals surface area contributed by atoms with Crippen LogP contribution in [0.5, 0.6) is 0 Å². The van der Waals surface area contributed by atoms with Gasteiger partial charge in [0.1, 0.15) is 6.04 Å². The predicted molar refractivity (Wildman–Crippen MR) is 66.5 cm³/mol. The standard InChI is InChI=1S/C12H21NO6/c1-7(2)18-11(16)6-13-9(5-10(14)15)12(17)19-8(3)4/h7-9,13H,5-6H2,1-4H3,(H,14,15). The first-order valence-electron chi connectivity index (χ1n) is 6.07. The highest BCUT2D eigenvalue weighted by molar-refractivity contribution is 5.83. The molecule has 0 bridgehead atoms. The van der Waals surface area contributed by atoms with Crippen LogP contribution in [0.4, 0.5) is 0 Å². The van der Waals surface area contributed by atoms with Gasteiger partial charge in [-0.3, -0.25) is 19.7 Å². The molecule has 0 aromatic heterocycles. The summed E-state index contributed by atoms with van der Waals surface area (Å²) in [6.07, 6.45) is -1.08. The van der Waals surface area contributed by atoms with Crippen LogP contribution in [0.15, 0.2) is 0 Å². The Hall–Kier alpha value is -1.63. The Morgan fingerprint density at radius 1 is 1.05 bits per heavy atom. The fourth-order valence-electron chi connectivity index (χ4n) is 1.24. The quantitative estimate of drug-likeness (QED) is 0.615. The lowest BCUT2D eigenvalue weighted by Crippen LogP contribution is -2.43. The minimum Gasteiger partial charge on any atom is -0.481 e. The van der Waals surface area contributed by atoms with Crippen molar-refractivity contribution in [3.05, 3.63) is 0 Å². The van der Waals surface area contributed by atoms with Gasteiger partial charge < -0.3 is 14.6 Å². The number of esters is 2. The van der Waals surface area contributed by atoms with Crippen LogP contribution in [0.2, 0.25) is 0 Å². The number of carbonyl (C=O) groups excluding carboxylic acids is 2. The summed E-state index contributed by atoms with van der Waals surface area (Å²) in [5.41, 5.74) is 0. The fourth-order valence-corrected chi connectivity index (χ4v) is 1.24. The summed E-state index contributed by atoms with van der Waals surface area (Å²) in [5.74, 6) is -2.41. The highest BCUT2D eigenvalue weighted by Gasteiger charge is 2.24. The molecule has 0 saturated carbocycles. The Bertz CT molecular complexity index is 326. The molecule has 0 saturated heterocycles. The van der Waals surface area contributed by atoms with E-state index in [9.17, 15) is 14.4 Å². The molecular formula is C12H21NO6. The molecule has 0 heterocycles. The van der Waals surface area contributed by atoms with Crippen LogP contribution in [-0.2, 0) is 23.9 Å². The van der Waals surface area contributed by atoms with Crippen molar-refractivity contribution < 1.29 is 29.0 Å². The summed E-state index contributed by atoms with van der Waals surface area (Å²) < 4.78 is 9.78. The number of rotatable bonds is 8. The third-order valence-corrected chi connectivity index (χ3v) is 1.88. The third kappa shape index (κ3) is 9.01. The average molecular weight is 275 g/mol. The minimum atomic E-state index is -1.16. The van der Waals surface area contributed by atoms with Crippen molar-refractivity contribution in [3.63, 3.8) is 0 Å². The molecule has 7 heteroatoms. The largest absolute Gasteiger partial charge is 0.481 e. The van der Waals surface area contributed by atoms with E-state index >= 15 is 0 Å². The van der Waals surface area contributed by atoms with Gasteiger partial charge in [-0.1, -0.05) is 0 Å². The van der Waals surface area contributed by atoms with Crippen LogP contribution in [0, 0.1) is 0 Å². The Labute approximate surface area is 112 Å². The second kappa shape index (κ2) is 8.47. The van der Waals surface area contributed by atoms with Crippen LogP contribution < -0.4 is 5.32 Å². The lowest BCUT2D eigenvalue weighted by Gasteiger charge is -2.17. The van der Waals surface area contributed by atoms with E-state index in [4.69, 9.17) is 14.6 Å². The summed E-state index contributed by atoms with van der Waals surface area (Å²) in [6, 6.07) is -1.07. The van der Waals surface area contributed by atoms with Gasteiger partial charge >= 0.3 is 17.9 Å². The first kappa shape index (κ1) is 17.4. The van der Waals surface area contributed by atoms with Gasteiger partial charge in [-0.05, 0) is 27.7 Å². The molecule has 0 rings (SSSR count). The minimum absolute atomic E-state index is 0.247.